The fourth-order valence-corrected chi connectivity index (χ4v) is 5.81. The van der Waals surface area contributed by atoms with Crippen molar-refractivity contribution in [1.82, 2.24) is 0 Å². The van der Waals surface area contributed by atoms with Crippen LogP contribution in [0.5, 0.6) is 11.5 Å². The number of carbonyl (C=O) groups excluding carboxylic acids is 3. The van der Waals surface area contributed by atoms with Crippen LogP contribution >= 0.6 is 0 Å². The van der Waals surface area contributed by atoms with E-state index in [1.54, 1.807) is 6.92 Å². The summed E-state index contributed by atoms with van der Waals surface area (Å²) < 4.78 is 11.7. The van der Waals surface area contributed by atoms with Crippen LogP contribution < -0.4 is 5.73 Å². The van der Waals surface area contributed by atoms with Gasteiger partial charge in [-0.2, -0.15) is 0 Å². The van der Waals surface area contributed by atoms with E-state index in [2.05, 4.69) is 0 Å². The third-order valence-corrected chi connectivity index (χ3v) is 7.88. The molecular weight excluding hydrogens is 514 g/mol. The number of aliphatic hydroxyl groups excluding tert-OH is 3. The Hall–Kier alpha value is -3.23. The lowest BCUT2D eigenvalue weighted by molar-refractivity contribution is -0.247. The highest BCUT2D eigenvalue weighted by Crippen LogP contribution is 2.52. The summed E-state index contributed by atoms with van der Waals surface area (Å²) in [7, 11) is 0. The maximum Gasteiger partial charge on any atom is 0.198 e. The number of phenols is 2. The first-order chi connectivity index (χ1) is 18.4. The van der Waals surface area contributed by atoms with Crippen molar-refractivity contribution in [3.05, 3.63) is 57.1 Å². The third-order valence-electron chi connectivity index (χ3n) is 7.88. The Morgan fingerprint density at radius 1 is 1.13 bits per heavy atom. The Morgan fingerprint density at radius 2 is 1.82 bits per heavy atom. The van der Waals surface area contributed by atoms with E-state index in [0.717, 1.165) is 0 Å². The number of ketones is 3. The second kappa shape index (κ2) is 9.75. The van der Waals surface area contributed by atoms with Crippen molar-refractivity contribution in [2.45, 2.75) is 69.0 Å². The highest BCUT2D eigenvalue weighted by atomic mass is 16.7. The second-order valence-corrected chi connectivity index (χ2v) is 10.3. The van der Waals surface area contributed by atoms with Gasteiger partial charge in [-0.1, -0.05) is 18.2 Å². The van der Waals surface area contributed by atoms with Gasteiger partial charge in [0.05, 0.1) is 36.0 Å². The molecule has 0 bridgehead atoms. The lowest BCUT2D eigenvalue weighted by Crippen LogP contribution is -2.53. The SMILES string of the molecule is CC1OC(OC2CC(O)(C(=O)CO)Cc3c(O)c4c(c(O)c32)C(=O)c2c(CO)cccc2C4=O)CC(N)C1O. The Bertz CT molecular complexity index is 1380. The molecule has 8 N–H and O–H groups in total. The summed E-state index contributed by atoms with van der Waals surface area (Å²) >= 11 is 0. The number of phenolic OH excluding ortho intramolecular Hbond substituents is 2. The van der Waals surface area contributed by atoms with E-state index in [4.69, 9.17) is 15.2 Å². The minimum absolute atomic E-state index is 0.00600. The number of fused-ring (bicyclic) bond motifs is 3. The number of aliphatic hydroxyl groups is 4. The number of hydrogen-bond acceptors (Lipinski definition) is 12. The molecule has 1 saturated heterocycles. The first-order valence-corrected chi connectivity index (χ1v) is 12.5. The van der Waals surface area contributed by atoms with E-state index >= 15 is 0 Å². The monoisotopic (exact) mass is 543 g/mol. The number of Topliss-reactive ketones (excluding diaryl/α,β-unsaturated/α-hetero) is 1. The molecule has 2 aromatic rings. The van der Waals surface area contributed by atoms with Crippen LogP contribution in [0.2, 0.25) is 0 Å². The van der Waals surface area contributed by atoms with E-state index in [-0.39, 0.29) is 34.2 Å². The molecule has 6 atom stereocenters. The van der Waals surface area contributed by atoms with E-state index in [9.17, 15) is 45.0 Å². The topological polar surface area (TPSA) is 217 Å². The molecule has 39 heavy (non-hydrogen) atoms. The van der Waals surface area contributed by atoms with Gasteiger partial charge in [-0.25, -0.2) is 0 Å². The van der Waals surface area contributed by atoms with Crippen LogP contribution in [0, 0.1) is 0 Å². The Morgan fingerprint density at radius 3 is 2.46 bits per heavy atom. The van der Waals surface area contributed by atoms with Gasteiger partial charge in [0, 0.05) is 47.6 Å². The summed E-state index contributed by atoms with van der Waals surface area (Å²) in [6.07, 6.45) is -5.21. The van der Waals surface area contributed by atoms with Crippen LogP contribution in [0.4, 0.5) is 0 Å². The number of benzene rings is 2. The number of hydrogen-bond donors (Lipinski definition) is 7. The van der Waals surface area contributed by atoms with Crippen molar-refractivity contribution in [2.24, 2.45) is 5.73 Å². The van der Waals surface area contributed by atoms with Crippen molar-refractivity contribution in [3.8, 4) is 11.5 Å². The van der Waals surface area contributed by atoms with E-state index < -0.39 is 102 Å². The molecule has 0 aromatic heterocycles. The van der Waals surface area contributed by atoms with Gasteiger partial charge in [-0.15, -0.1) is 0 Å². The summed E-state index contributed by atoms with van der Waals surface area (Å²) in [5, 5.41) is 63.4. The predicted octanol–water partition coefficient (Wildman–Crippen LogP) is -0.515. The summed E-state index contributed by atoms with van der Waals surface area (Å²) in [6.45, 7) is -0.0137. The Labute approximate surface area is 222 Å². The minimum Gasteiger partial charge on any atom is -0.507 e. The fraction of sp³-hybridized carbons (Fsp3) is 0.444. The second-order valence-electron chi connectivity index (χ2n) is 10.3. The van der Waals surface area contributed by atoms with Crippen LogP contribution in [0.1, 0.15) is 74.4 Å². The highest BCUT2D eigenvalue weighted by molar-refractivity contribution is 6.31. The van der Waals surface area contributed by atoms with Crippen LogP contribution in [0.15, 0.2) is 18.2 Å². The minimum atomic E-state index is -2.25. The number of carbonyl (C=O) groups is 3. The first-order valence-electron chi connectivity index (χ1n) is 12.5. The normalized spacial score (nSPS) is 29.9. The molecule has 5 rings (SSSR count). The molecule has 3 aliphatic rings. The number of aromatic hydroxyl groups is 2. The van der Waals surface area contributed by atoms with Crippen molar-refractivity contribution in [2.75, 3.05) is 6.61 Å². The van der Waals surface area contributed by atoms with Crippen LogP contribution in [-0.4, -0.2) is 84.7 Å². The zero-order chi connectivity index (χ0) is 28.4. The van der Waals surface area contributed by atoms with Gasteiger partial charge in [0.1, 0.15) is 23.7 Å². The molecule has 1 aliphatic heterocycles. The van der Waals surface area contributed by atoms with Gasteiger partial charge >= 0.3 is 0 Å². The van der Waals surface area contributed by atoms with Gasteiger partial charge in [0.2, 0.25) is 0 Å². The maximum atomic E-state index is 13.6. The summed E-state index contributed by atoms with van der Waals surface area (Å²) in [5.41, 5.74) is 2.35. The quantitative estimate of drug-likeness (QED) is 0.202. The molecule has 0 amide bonds. The smallest absolute Gasteiger partial charge is 0.198 e. The van der Waals surface area contributed by atoms with Crippen LogP contribution in [0.3, 0.4) is 0 Å². The fourth-order valence-electron chi connectivity index (χ4n) is 5.81. The van der Waals surface area contributed by atoms with E-state index in [1.807, 2.05) is 0 Å². The van der Waals surface area contributed by atoms with Gasteiger partial charge in [0.25, 0.3) is 0 Å². The van der Waals surface area contributed by atoms with E-state index in [0.29, 0.717) is 0 Å². The number of ether oxygens (including phenoxy) is 2. The lowest BCUT2D eigenvalue weighted by Gasteiger charge is -2.42. The molecule has 6 unspecified atom stereocenters. The van der Waals surface area contributed by atoms with E-state index in [1.165, 1.54) is 18.2 Å². The molecule has 2 aliphatic carbocycles. The Kier molecular flexibility index (Phi) is 6.84. The summed E-state index contributed by atoms with van der Waals surface area (Å²) in [4.78, 5) is 39.7. The molecule has 0 spiro atoms. The van der Waals surface area contributed by atoms with Crippen molar-refractivity contribution in [1.29, 1.82) is 0 Å². The maximum absolute atomic E-state index is 13.6. The zero-order valence-corrected chi connectivity index (χ0v) is 21.0. The highest BCUT2D eigenvalue weighted by Gasteiger charge is 2.50. The standard InChI is InChI=1S/C27H29NO11/c1-10-22(32)14(28)5-17(38-10)39-15-7-27(37,16(31)9-30)6-13-19(15)26(36)21-20(24(13)34)23(33)12-4-2-3-11(8-29)18(12)25(21)35/h2-4,10,14-15,17,22,29-30,32,34,36-37H,5-9,28H2,1H3. The summed E-state index contributed by atoms with van der Waals surface area (Å²) in [6, 6.07) is 3.53. The average Bonchev–Trinajstić information content (AvgIpc) is 2.90. The molecular formula is C27H29NO11. The zero-order valence-electron chi connectivity index (χ0n) is 21.0. The Balaban J connectivity index is 1.69. The first kappa shape index (κ1) is 27.3. The predicted molar refractivity (Wildman–Crippen MR) is 131 cm³/mol. The molecule has 208 valence electrons. The van der Waals surface area contributed by atoms with Gasteiger partial charge in [0.15, 0.2) is 23.6 Å². The molecule has 1 heterocycles. The third kappa shape index (κ3) is 4.16. The molecule has 2 aromatic carbocycles. The number of rotatable bonds is 5. The van der Waals surface area contributed by atoms with Crippen molar-refractivity contribution < 1.29 is 54.5 Å². The lowest BCUT2D eigenvalue weighted by atomic mass is 9.71. The largest absolute Gasteiger partial charge is 0.507 e. The summed E-state index contributed by atoms with van der Waals surface area (Å²) in [5.74, 6) is -4.00. The molecule has 12 nitrogen and oxygen atoms in total. The molecule has 0 saturated carbocycles. The molecule has 0 radical (unpaired) electrons. The van der Waals surface area contributed by atoms with Crippen LogP contribution in [0.25, 0.3) is 0 Å². The van der Waals surface area contributed by atoms with Crippen molar-refractivity contribution in [3.63, 3.8) is 0 Å². The molecule has 1 fully saturated rings. The van der Waals surface area contributed by atoms with Gasteiger partial charge in [-0.3, -0.25) is 14.4 Å². The van der Waals surface area contributed by atoms with Gasteiger partial charge in [-0.05, 0) is 12.5 Å². The van der Waals surface area contributed by atoms with Crippen molar-refractivity contribution >= 4 is 17.3 Å². The van der Waals surface area contributed by atoms with Crippen LogP contribution in [-0.2, 0) is 27.3 Å². The van der Waals surface area contributed by atoms with Gasteiger partial charge < -0.3 is 45.8 Å². The molecule has 12 heteroatoms. The average molecular weight is 544 g/mol. The number of nitrogens with two attached hydrogens (primary N) is 1.